The van der Waals surface area contributed by atoms with E-state index in [0.29, 0.717) is 18.8 Å². The van der Waals surface area contributed by atoms with Gasteiger partial charge in [-0.25, -0.2) is 4.39 Å². The van der Waals surface area contributed by atoms with Crippen LogP contribution in [0, 0.1) is 22.9 Å². The Labute approximate surface area is 137 Å². The lowest BCUT2D eigenvalue weighted by Gasteiger charge is -2.17. The van der Waals surface area contributed by atoms with E-state index in [4.69, 9.17) is 0 Å². The van der Waals surface area contributed by atoms with Crippen molar-refractivity contribution in [1.29, 1.82) is 0 Å². The molecule has 24 heavy (non-hydrogen) atoms. The van der Waals surface area contributed by atoms with Gasteiger partial charge in [0.1, 0.15) is 23.4 Å². The molecule has 1 aromatic heterocycles. The molecule has 0 aliphatic carbocycles. The first-order chi connectivity index (χ1) is 11.4. The first kappa shape index (κ1) is 15.9. The number of aromatic nitrogens is 2. The van der Waals surface area contributed by atoms with Crippen LogP contribution in [-0.4, -0.2) is 33.2 Å². The fourth-order valence-electron chi connectivity index (χ4n) is 2.86. The van der Waals surface area contributed by atoms with Gasteiger partial charge in [-0.05, 0) is 25.5 Å². The smallest absolute Gasteiger partial charge is 0.295 e. The van der Waals surface area contributed by atoms with Gasteiger partial charge in [0, 0.05) is 19.7 Å². The number of anilines is 2. The highest BCUT2D eigenvalue weighted by Crippen LogP contribution is 2.29. The first-order valence-corrected chi connectivity index (χ1v) is 7.39. The van der Waals surface area contributed by atoms with Crippen molar-refractivity contribution in [3.63, 3.8) is 0 Å². The molecule has 1 N–H and O–H groups in total. The van der Waals surface area contributed by atoms with Gasteiger partial charge in [0.25, 0.3) is 11.6 Å². The largest absolute Gasteiger partial charge is 0.368 e. The Morgan fingerprint density at radius 1 is 1.42 bits per heavy atom. The number of nitro groups is 1. The summed E-state index contributed by atoms with van der Waals surface area (Å²) in [6, 6.07) is 4.43. The first-order valence-electron chi connectivity index (χ1n) is 7.39. The molecule has 1 fully saturated rings. The predicted molar refractivity (Wildman–Crippen MR) is 85.4 cm³/mol. The molecule has 126 valence electrons. The normalized spacial score (nSPS) is 17.4. The monoisotopic (exact) mass is 333 g/mol. The average Bonchev–Trinajstić information content (AvgIpc) is 3.03. The summed E-state index contributed by atoms with van der Waals surface area (Å²) < 4.78 is 14.8. The van der Waals surface area contributed by atoms with Crippen LogP contribution in [0.15, 0.2) is 24.3 Å². The minimum absolute atomic E-state index is 0.128. The van der Waals surface area contributed by atoms with E-state index in [1.807, 2.05) is 6.92 Å². The van der Waals surface area contributed by atoms with Gasteiger partial charge in [0.05, 0.1) is 16.7 Å². The number of halogens is 1. The Balaban J connectivity index is 1.82. The maximum absolute atomic E-state index is 13.2. The molecule has 0 spiro atoms. The molecule has 2 heterocycles. The molecule has 2 aromatic rings. The molecule has 1 saturated heterocycles. The van der Waals surface area contributed by atoms with Crippen LogP contribution in [0.3, 0.4) is 0 Å². The van der Waals surface area contributed by atoms with Gasteiger partial charge in [0.15, 0.2) is 0 Å². The molecule has 1 atom stereocenters. The van der Waals surface area contributed by atoms with E-state index in [1.54, 1.807) is 22.7 Å². The topological polar surface area (TPSA) is 93.3 Å². The van der Waals surface area contributed by atoms with Crippen LogP contribution in [0.4, 0.5) is 21.6 Å². The number of hydrogen-bond acceptors (Lipinski definition) is 5. The summed E-state index contributed by atoms with van der Waals surface area (Å²) in [5, 5.41) is 18.1. The highest BCUT2D eigenvalue weighted by Gasteiger charge is 2.35. The zero-order chi connectivity index (χ0) is 17.4. The van der Waals surface area contributed by atoms with Gasteiger partial charge in [-0.15, -0.1) is 0 Å². The number of benzene rings is 1. The summed E-state index contributed by atoms with van der Waals surface area (Å²) in [5.74, 6) is -0.219. The van der Waals surface area contributed by atoms with Crippen molar-refractivity contribution in [2.45, 2.75) is 19.4 Å². The van der Waals surface area contributed by atoms with E-state index < -0.39 is 22.5 Å². The number of hydrogen-bond donors (Lipinski definition) is 1. The number of carbonyl (C=O) groups is 1. The number of nitrogens with one attached hydrogen (secondary N) is 1. The highest BCUT2D eigenvalue weighted by atomic mass is 19.1. The van der Waals surface area contributed by atoms with Crippen molar-refractivity contribution in [1.82, 2.24) is 9.78 Å². The third-order valence-electron chi connectivity index (χ3n) is 3.95. The number of aryl methyl sites for hydroxylation is 2. The Bertz CT molecular complexity index is 819. The molecule has 3 rings (SSSR count). The molecule has 0 radical (unpaired) electrons. The zero-order valence-electron chi connectivity index (χ0n) is 13.2. The Kier molecular flexibility index (Phi) is 3.92. The summed E-state index contributed by atoms with van der Waals surface area (Å²) in [5.41, 5.74) is 0.534. The van der Waals surface area contributed by atoms with Crippen LogP contribution >= 0.6 is 0 Å². The van der Waals surface area contributed by atoms with Crippen molar-refractivity contribution in [3.05, 3.63) is 45.9 Å². The molecule has 1 aliphatic rings. The van der Waals surface area contributed by atoms with Crippen molar-refractivity contribution in [3.8, 4) is 0 Å². The van der Waals surface area contributed by atoms with Crippen LogP contribution in [0.25, 0.3) is 0 Å². The van der Waals surface area contributed by atoms with Gasteiger partial charge in [-0.2, -0.15) is 5.10 Å². The van der Waals surface area contributed by atoms with Gasteiger partial charge in [-0.1, -0.05) is 0 Å². The zero-order valence-corrected chi connectivity index (χ0v) is 13.2. The van der Waals surface area contributed by atoms with Crippen LogP contribution < -0.4 is 10.2 Å². The van der Waals surface area contributed by atoms with E-state index in [-0.39, 0.29) is 11.6 Å². The minimum atomic E-state index is -0.697. The molecule has 0 saturated carbocycles. The van der Waals surface area contributed by atoms with Gasteiger partial charge >= 0.3 is 0 Å². The maximum Gasteiger partial charge on any atom is 0.295 e. The van der Waals surface area contributed by atoms with Crippen LogP contribution in [0.5, 0.6) is 0 Å². The molecule has 8 nitrogen and oxygen atoms in total. The van der Waals surface area contributed by atoms with Gasteiger partial charge in [-0.3, -0.25) is 24.5 Å². The van der Waals surface area contributed by atoms with Crippen molar-refractivity contribution >= 4 is 23.1 Å². The number of nitrogens with zero attached hydrogens (tertiary/aromatic N) is 4. The lowest BCUT2D eigenvalue weighted by Crippen LogP contribution is -2.34. The second-order valence-electron chi connectivity index (χ2n) is 5.66. The van der Waals surface area contributed by atoms with Crippen molar-refractivity contribution < 1.29 is 14.1 Å². The Morgan fingerprint density at radius 2 is 2.17 bits per heavy atom. The fourth-order valence-corrected chi connectivity index (χ4v) is 2.86. The molecule has 9 heteroatoms. The van der Waals surface area contributed by atoms with Crippen LogP contribution in [0.2, 0.25) is 0 Å². The summed E-state index contributed by atoms with van der Waals surface area (Å²) in [7, 11) is 1.75. The Hall–Kier alpha value is -2.97. The molecule has 1 unspecified atom stereocenters. The van der Waals surface area contributed by atoms with Crippen molar-refractivity contribution in [2.75, 3.05) is 16.8 Å². The van der Waals surface area contributed by atoms with Crippen LogP contribution in [0.1, 0.15) is 12.1 Å². The molecule has 1 aromatic carbocycles. The maximum atomic E-state index is 13.2. The molecular formula is C15H16FN5O3. The van der Waals surface area contributed by atoms with Gasteiger partial charge < -0.3 is 5.32 Å². The number of nitro benzene ring substituents is 1. The predicted octanol–water partition coefficient (Wildman–Crippen LogP) is 1.99. The second-order valence-corrected chi connectivity index (χ2v) is 5.66. The molecule has 1 amide bonds. The van der Waals surface area contributed by atoms with E-state index in [1.165, 1.54) is 6.07 Å². The van der Waals surface area contributed by atoms with Crippen molar-refractivity contribution in [2.24, 2.45) is 7.05 Å². The third-order valence-corrected chi connectivity index (χ3v) is 3.95. The van der Waals surface area contributed by atoms with Gasteiger partial charge in [0.2, 0.25) is 0 Å². The SMILES string of the molecule is Cc1cc(N2CCC(Nc3ccc(F)cc3[N+](=O)[O-])C2=O)n(C)n1. The summed E-state index contributed by atoms with van der Waals surface area (Å²) >= 11 is 0. The highest BCUT2D eigenvalue weighted by molar-refractivity contribution is 6.00. The number of carbonyl (C=O) groups excluding carboxylic acids is 1. The lowest BCUT2D eigenvalue weighted by atomic mass is 10.2. The third kappa shape index (κ3) is 2.80. The minimum Gasteiger partial charge on any atom is -0.368 e. The number of rotatable bonds is 4. The second kappa shape index (κ2) is 5.91. The lowest BCUT2D eigenvalue weighted by molar-refractivity contribution is -0.384. The van der Waals surface area contributed by atoms with E-state index in [9.17, 15) is 19.3 Å². The quantitative estimate of drug-likeness (QED) is 0.682. The standard InChI is InChI=1S/C15H16FN5O3/c1-9-7-14(19(2)18-9)20-6-5-12(15(20)22)17-11-4-3-10(16)8-13(11)21(23)24/h3-4,7-8,12,17H,5-6H2,1-2H3. The summed E-state index contributed by atoms with van der Waals surface area (Å²) in [4.78, 5) is 24.6. The number of amides is 1. The molecule has 0 bridgehead atoms. The fraction of sp³-hybridized carbons (Fsp3) is 0.333. The Morgan fingerprint density at radius 3 is 2.79 bits per heavy atom. The summed E-state index contributed by atoms with van der Waals surface area (Å²) in [6.07, 6.45) is 0.484. The average molecular weight is 333 g/mol. The van der Waals surface area contributed by atoms with E-state index in [2.05, 4.69) is 10.4 Å². The molecular weight excluding hydrogens is 317 g/mol. The molecule has 1 aliphatic heterocycles. The van der Waals surface area contributed by atoms with E-state index >= 15 is 0 Å². The van der Waals surface area contributed by atoms with E-state index in [0.717, 1.165) is 17.8 Å². The summed E-state index contributed by atoms with van der Waals surface area (Å²) in [6.45, 7) is 2.31. The van der Waals surface area contributed by atoms with Crippen LogP contribution in [-0.2, 0) is 11.8 Å².